The molecular formula is C13H14N6. The Balaban J connectivity index is 2.06. The number of nitrogens with one attached hydrogen (secondary N) is 2. The molecule has 0 spiro atoms. The molecule has 0 aliphatic carbocycles. The molecule has 0 atom stereocenters. The third-order valence-electron chi connectivity index (χ3n) is 3.01. The van der Waals surface area contributed by atoms with Crippen LogP contribution in [0.15, 0.2) is 24.3 Å². The van der Waals surface area contributed by atoms with Gasteiger partial charge in [0.2, 0.25) is 5.82 Å². The first kappa shape index (κ1) is 11.6. The quantitative estimate of drug-likeness (QED) is 0.750. The molecule has 0 fully saturated rings. The SMILES string of the molecule is CCc1nc(-c2cccc(-c3nn[nH]n3)c2)c(C)[nH]1. The fourth-order valence-electron chi connectivity index (χ4n) is 2.06. The molecule has 0 saturated carbocycles. The van der Waals surface area contributed by atoms with Crippen molar-refractivity contribution in [3.8, 4) is 22.6 Å². The number of hydrogen-bond acceptors (Lipinski definition) is 4. The zero-order valence-electron chi connectivity index (χ0n) is 10.8. The largest absolute Gasteiger partial charge is 0.346 e. The number of nitrogens with zero attached hydrogens (tertiary/aromatic N) is 4. The molecule has 2 aromatic heterocycles. The molecule has 6 nitrogen and oxygen atoms in total. The summed E-state index contributed by atoms with van der Waals surface area (Å²) in [7, 11) is 0. The van der Waals surface area contributed by atoms with Gasteiger partial charge in [0.1, 0.15) is 5.82 Å². The van der Waals surface area contributed by atoms with Crippen molar-refractivity contribution in [1.82, 2.24) is 30.6 Å². The lowest BCUT2D eigenvalue weighted by atomic mass is 10.1. The molecule has 1 aromatic carbocycles. The van der Waals surface area contributed by atoms with E-state index in [0.717, 1.165) is 34.8 Å². The fraction of sp³-hybridized carbons (Fsp3) is 0.231. The van der Waals surface area contributed by atoms with Gasteiger partial charge >= 0.3 is 0 Å². The summed E-state index contributed by atoms with van der Waals surface area (Å²) in [5.74, 6) is 1.59. The predicted molar refractivity (Wildman–Crippen MR) is 71.3 cm³/mol. The first-order chi connectivity index (χ1) is 9.28. The van der Waals surface area contributed by atoms with E-state index >= 15 is 0 Å². The zero-order chi connectivity index (χ0) is 13.2. The first-order valence-electron chi connectivity index (χ1n) is 6.17. The van der Waals surface area contributed by atoms with E-state index in [9.17, 15) is 0 Å². The number of benzene rings is 1. The normalized spacial score (nSPS) is 10.8. The Morgan fingerprint density at radius 2 is 2.05 bits per heavy atom. The summed E-state index contributed by atoms with van der Waals surface area (Å²) >= 11 is 0. The maximum Gasteiger partial charge on any atom is 0.204 e. The van der Waals surface area contributed by atoms with Gasteiger partial charge in [0, 0.05) is 23.2 Å². The highest BCUT2D eigenvalue weighted by Gasteiger charge is 2.10. The van der Waals surface area contributed by atoms with Gasteiger partial charge in [-0.1, -0.05) is 25.1 Å². The molecule has 0 saturated heterocycles. The van der Waals surface area contributed by atoms with Crippen molar-refractivity contribution in [1.29, 1.82) is 0 Å². The van der Waals surface area contributed by atoms with Crippen molar-refractivity contribution in [3.63, 3.8) is 0 Å². The Bertz CT molecular complexity index is 683. The minimum absolute atomic E-state index is 0.589. The molecular weight excluding hydrogens is 240 g/mol. The number of aryl methyl sites for hydroxylation is 2. The van der Waals surface area contributed by atoms with Crippen LogP contribution in [-0.4, -0.2) is 30.6 Å². The topological polar surface area (TPSA) is 83.1 Å². The van der Waals surface area contributed by atoms with Crippen LogP contribution < -0.4 is 0 Å². The van der Waals surface area contributed by atoms with Crippen molar-refractivity contribution in [2.75, 3.05) is 0 Å². The van der Waals surface area contributed by atoms with Gasteiger partial charge in [0.25, 0.3) is 0 Å². The van der Waals surface area contributed by atoms with Crippen LogP contribution in [0.4, 0.5) is 0 Å². The van der Waals surface area contributed by atoms with Crippen LogP contribution in [0.3, 0.4) is 0 Å². The smallest absolute Gasteiger partial charge is 0.204 e. The van der Waals surface area contributed by atoms with E-state index in [2.05, 4.69) is 37.5 Å². The van der Waals surface area contributed by atoms with Gasteiger partial charge in [0.05, 0.1) is 5.69 Å². The summed E-state index contributed by atoms with van der Waals surface area (Å²) in [6, 6.07) is 7.98. The summed E-state index contributed by atoms with van der Waals surface area (Å²) in [6.45, 7) is 4.11. The average Bonchev–Trinajstić information content (AvgIpc) is 3.08. The zero-order valence-corrected chi connectivity index (χ0v) is 10.8. The number of tetrazole rings is 1. The van der Waals surface area contributed by atoms with Gasteiger partial charge in [-0.25, -0.2) is 4.98 Å². The molecule has 3 rings (SSSR count). The number of hydrogen-bond donors (Lipinski definition) is 2. The van der Waals surface area contributed by atoms with Gasteiger partial charge in [-0.05, 0) is 18.2 Å². The van der Waals surface area contributed by atoms with Gasteiger partial charge in [0.15, 0.2) is 0 Å². The monoisotopic (exact) mass is 254 g/mol. The highest BCUT2D eigenvalue weighted by Crippen LogP contribution is 2.25. The minimum atomic E-state index is 0.589. The molecule has 19 heavy (non-hydrogen) atoms. The van der Waals surface area contributed by atoms with Crippen LogP contribution in [0.2, 0.25) is 0 Å². The molecule has 96 valence electrons. The third kappa shape index (κ3) is 2.12. The third-order valence-corrected chi connectivity index (χ3v) is 3.01. The summed E-state index contributed by atoms with van der Waals surface area (Å²) in [4.78, 5) is 7.89. The first-order valence-corrected chi connectivity index (χ1v) is 6.17. The Kier molecular flexibility index (Phi) is 2.83. The maximum absolute atomic E-state index is 4.60. The second kappa shape index (κ2) is 4.64. The maximum atomic E-state index is 4.60. The standard InChI is InChI=1S/C13H14N6/c1-3-11-14-8(2)12(15-11)9-5-4-6-10(7-9)13-16-18-19-17-13/h4-7H,3H2,1-2H3,(H,14,15)(H,16,17,18,19). The summed E-state index contributed by atoms with van der Waals surface area (Å²) in [5.41, 5.74) is 4.02. The molecule has 6 heteroatoms. The van der Waals surface area contributed by atoms with Crippen LogP contribution in [0.25, 0.3) is 22.6 Å². The highest BCUT2D eigenvalue weighted by molar-refractivity contribution is 5.69. The summed E-state index contributed by atoms with van der Waals surface area (Å²) in [6.07, 6.45) is 0.894. The van der Waals surface area contributed by atoms with E-state index in [4.69, 9.17) is 0 Å². The van der Waals surface area contributed by atoms with Gasteiger partial charge in [-0.15, -0.1) is 10.2 Å². The van der Waals surface area contributed by atoms with Crippen molar-refractivity contribution >= 4 is 0 Å². The number of aromatic amines is 2. The Labute approximate surface area is 110 Å². The second-order valence-corrected chi connectivity index (χ2v) is 4.33. The van der Waals surface area contributed by atoms with Crippen molar-refractivity contribution in [3.05, 3.63) is 35.8 Å². The molecule has 2 heterocycles. The van der Waals surface area contributed by atoms with Crippen LogP contribution in [0.1, 0.15) is 18.4 Å². The van der Waals surface area contributed by atoms with Gasteiger partial charge < -0.3 is 4.98 Å². The molecule has 0 aliphatic rings. The van der Waals surface area contributed by atoms with Gasteiger partial charge in [-0.3, -0.25) is 0 Å². The molecule has 2 N–H and O–H groups in total. The van der Waals surface area contributed by atoms with E-state index in [-0.39, 0.29) is 0 Å². The lowest BCUT2D eigenvalue weighted by molar-refractivity contribution is 0.881. The van der Waals surface area contributed by atoms with Gasteiger partial charge in [-0.2, -0.15) is 5.21 Å². The van der Waals surface area contributed by atoms with E-state index in [1.54, 1.807) is 0 Å². The number of aromatic nitrogens is 6. The van der Waals surface area contributed by atoms with E-state index in [1.807, 2.05) is 31.2 Å². The average molecular weight is 254 g/mol. The lowest BCUT2D eigenvalue weighted by Crippen LogP contribution is -1.85. The molecule has 0 bridgehead atoms. The van der Waals surface area contributed by atoms with E-state index in [1.165, 1.54) is 0 Å². The van der Waals surface area contributed by atoms with Crippen LogP contribution in [-0.2, 0) is 6.42 Å². The lowest BCUT2D eigenvalue weighted by Gasteiger charge is -2.00. The number of imidazole rings is 1. The molecule has 0 aliphatic heterocycles. The minimum Gasteiger partial charge on any atom is -0.346 e. The van der Waals surface area contributed by atoms with Crippen molar-refractivity contribution < 1.29 is 0 Å². The number of H-pyrrole nitrogens is 2. The Morgan fingerprint density at radius 1 is 1.21 bits per heavy atom. The van der Waals surface area contributed by atoms with Crippen LogP contribution in [0, 0.1) is 6.92 Å². The van der Waals surface area contributed by atoms with Crippen molar-refractivity contribution in [2.45, 2.75) is 20.3 Å². The Morgan fingerprint density at radius 3 is 2.74 bits per heavy atom. The molecule has 0 unspecified atom stereocenters. The van der Waals surface area contributed by atoms with E-state index < -0.39 is 0 Å². The van der Waals surface area contributed by atoms with E-state index in [0.29, 0.717) is 5.82 Å². The predicted octanol–water partition coefficient (Wildman–Crippen LogP) is 2.13. The van der Waals surface area contributed by atoms with Crippen LogP contribution in [0.5, 0.6) is 0 Å². The highest BCUT2D eigenvalue weighted by atomic mass is 15.5. The fourth-order valence-corrected chi connectivity index (χ4v) is 2.06. The van der Waals surface area contributed by atoms with Crippen LogP contribution >= 0.6 is 0 Å². The summed E-state index contributed by atoms with van der Waals surface area (Å²) in [5, 5.41) is 14.0. The second-order valence-electron chi connectivity index (χ2n) is 4.33. The summed E-state index contributed by atoms with van der Waals surface area (Å²) < 4.78 is 0. The molecule has 0 radical (unpaired) electrons. The molecule has 3 aromatic rings. The Hall–Kier alpha value is -2.50. The van der Waals surface area contributed by atoms with Crippen molar-refractivity contribution in [2.24, 2.45) is 0 Å². The number of rotatable bonds is 3. The molecule has 0 amide bonds.